The van der Waals surface area contributed by atoms with Crippen molar-refractivity contribution in [2.75, 3.05) is 0 Å². The molecule has 3 rings (SSSR count). The normalized spacial score (nSPS) is 10.8. The van der Waals surface area contributed by atoms with E-state index in [0.717, 1.165) is 22.3 Å². The molecule has 0 atom stereocenters. The highest BCUT2D eigenvalue weighted by molar-refractivity contribution is 5.80. The van der Waals surface area contributed by atoms with Crippen LogP contribution >= 0.6 is 0 Å². The van der Waals surface area contributed by atoms with Crippen LogP contribution in [0.2, 0.25) is 0 Å². The lowest BCUT2D eigenvalue weighted by molar-refractivity contribution is 0.913. The molecule has 16 heavy (non-hydrogen) atoms. The Bertz CT molecular complexity index is 640. The van der Waals surface area contributed by atoms with Crippen LogP contribution in [0, 0.1) is 0 Å². The number of benzene rings is 1. The van der Waals surface area contributed by atoms with Gasteiger partial charge in [0.2, 0.25) is 0 Å². The van der Waals surface area contributed by atoms with Gasteiger partial charge in [-0.25, -0.2) is 9.97 Å². The molecule has 2 aromatic heterocycles. The van der Waals surface area contributed by atoms with Crippen molar-refractivity contribution in [2.24, 2.45) is 7.05 Å². The Morgan fingerprint density at radius 3 is 2.69 bits per heavy atom. The smallest absolute Gasteiger partial charge is 0.107 e. The zero-order valence-electron chi connectivity index (χ0n) is 8.96. The van der Waals surface area contributed by atoms with Crippen molar-refractivity contribution in [3.05, 3.63) is 48.9 Å². The minimum atomic E-state index is 0.910. The van der Waals surface area contributed by atoms with Crippen LogP contribution in [0.3, 0.4) is 0 Å². The lowest BCUT2D eigenvalue weighted by atomic mass is 10.2. The summed E-state index contributed by atoms with van der Waals surface area (Å²) in [5, 5.41) is 1.15. The van der Waals surface area contributed by atoms with Gasteiger partial charge in [-0.15, -0.1) is 0 Å². The summed E-state index contributed by atoms with van der Waals surface area (Å²) in [5.41, 5.74) is 2.83. The molecule has 0 aliphatic carbocycles. The van der Waals surface area contributed by atoms with E-state index < -0.39 is 0 Å². The largest absolute Gasteiger partial charge is 0.340 e. The monoisotopic (exact) mass is 209 g/mol. The van der Waals surface area contributed by atoms with E-state index >= 15 is 0 Å². The summed E-state index contributed by atoms with van der Waals surface area (Å²) in [6.45, 7) is 0. The molecular weight excluding hydrogens is 198 g/mol. The van der Waals surface area contributed by atoms with Crippen molar-refractivity contribution in [2.45, 2.75) is 0 Å². The van der Waals surface area contributed by atoms with Gasteiger partial charge in [0.25, 0.3) is 0 Å². The molecule has 3 heteroatoms. The molecule has 1 aromatic carbocycles. The van der Waals surface area contributed by atoms with Crippen LogP contribution in [0.4, 0.5) is 0 Å². The second-order valence-corrected chi connectivity index (χ2v) is 3.81. The number of fused-ring (bicyclic) bond motifs is 1. The lowest BCUT2D eigenvalue weighted by Gasteiger charge is -1.99. The Morgan fingerprint density at radius 1 is 1.00 bits per heavy atom. The number of imidazole rings is 1. The van der Waals surface area contributed by atoms with E-state index in [1.807, 2.05) is 42.1 Å². The van der Waals surface area contributed by atoms with Crippen LogP contribution in [-0.2, 0) is 7.05 Å². The van der Waals surface area contributed by atoms with Crippen LogP contribution < -0.4 is 0 Å². The second kappa shape index (κ2) is 3.45. The summed E-state index contributed by atoms with van der Waals surface area (Å²) in [4.78, 5) is 8.88. The molecule has 3 nitrogen and oxygen atoms in total. The molecule has 0 aliphatic heterocycles. The first-order chi connectivity index (χ1) is 7.83. The third-order valence-electron chi connectivity index (χ3n) is 2.57. The molecule has 0 saturated carbocycles. The summed E-state index contributed by atoms with van der Waals surface area (Å²) in [5.74, 6) is 0. The maximum absolute atomic E-state index is 4.58. The number of hydrogen-bond donors (Lipinski definition) is 0. The molecule has 0 spiro atoms. The molecule has 0 radical (unpaired) electrons. The van der Waals surface area contributed by atoms with Crippen molar-refractivity contribution in [1.82, 2.24) is 14.5 Å². The number of hydrogen-bond acceptors (Lipinski definition) is 2. The highest BCUT2D eigenvalue weighted by Gasteiger charge is 2.03. The molecule has 0 fully saturated rings. The van der Waals surface area contributed by atoms with Crippen LogP contribution in [0.1, 0.15) is 0 Å². The Labute approximate surface area is 93.4 Å². The maximum Gasteiger partial charge on any atom is 0.107 e. The van der Waals surface area contributed by atoms with Crippen LogP contribution in [0.5, 0.6) is 0 Å². The number of rotatable bonds is 1. The summed E-state index contributed by atoms with van der Waals surface area (Å²) >= 11 is 0. The average molecular weight is 209 g/mol. The Kier molecular flexibility index (Phi) is 1.96. The van der Waals surface area contributed by atoms with Crippen molar-refractivity contribution in [3.63, 3.8) is 0 Å². The first-order valence-corrected chi connectivity index (χ1v) is 5.17. The number of aryl methyl sites for hydroxylation is 1. The summed E-state index contributed by atoms with van der Waals surface area (Å²) in [7, 11) is 1.96. The number of pyridine rings is 1. The van der Waals surface area contributed by atoms with Gasteiger partial charge in [-0.3, -0.25) is 0 Å². The van der Waals surface area contributed by atoms with Gasteiger partial charge < -0.3 is 4.57 Å². The van der Waals surface area contributed by atoms with Gasteiger partial charge in [-0.2, -0.15) is 0 Å². The predicted octanol–water partition coefficient (Wildman–Crippen LogP) is 2.64. The zero-order chi connectivity index (χ0) is 11.0. The van der Waals surface area contributed by atoms with Gasteiger partial charge in [0.05, 0.1) is 17.5 Å². The Morgan fingerprint density at radius 2 is 1.88 bits per heavy atom. The van der Waals surface area contributed by atoms with Gasteiger partial charge >= 0.3 is 0 Å². The fourth-order valence-corrected chi connectivity index (χ4v) is 1.75. The molecule has 0 aliphatic rings. The van der Waals surface area contributed by atoms with Crippen LogP contribution in [-0.4, -0.2) is 14.5 Å². The SMILES string of the molecule is Cn1cnc(-c2ccc3ccccc3n2)c1. The van der Waals surface area contributed by atoms with Gasteiger partial charge in [0, 0.05) is 18.6 Å². The Balaban J connectivity index is 2.18. The van der Waals surface area contributed by atoms with Crippen molar-refractivity contribution < 1.29 is 0 Å². The van der Waals surface area contributed by atoms with Crippen LogP contribution in [0.15, 0.2) is 48.9 Å². The fourth-order valence-electron chi connectivity index (χ4n) is 1.75. The Hall–Kier alpha value is -2.16. The van der Waals surface area contributed by atoms with E-state index in [1.165, 1.54) is 0 Å². The first kappa shape index (κ1) is 9.09. The minimum absolute atomic E-state index is 0.910. The molecule has 78 valence electrons. The third kappa shape index (κ3) is 1.46. The van der Waals surface area contributed by atoms with E-state index in [2.05, 4.69) is 22.1 Å². The topological polar surface area (TPSA) is 30.7 Å². The van der Waals surface area contributed by atoms with Gasteiger partial charge in [0.1, 0.15) is 5.69 Å². The zero-order valence-corrected chi connectivity index (χ0v) is 8.96. The lowest BCUT2D eigenvalue weighted by Crippen LogP contribution is -1.85. The standard InChI is InChI=1S/C13H11N3/c1-16-8-13(14-9-16)12-7-6-10-4-2-3-5-11(10)15-12/h2-9H,1H3. The van der Waals surface area contributed by atoms with Crippen molar-refractivity contribution in [1.29, 1.82) is 0 Å². The average Bonchev–Trinajstić information content (AvgIpc) is 2.75. The van der Waals surface area contributed by atoms with Gasteiger partial charge in [-0.05, 0) is 12.1 Å². The van der Waals surface area contributed by atoms with E-state index in [9.17, 15) is 0 Å². The summed E-state index contributed by atoms with van der Waals surface area (Å²) in [6.07, 6.45) is 3.75. The van der Waals surface area contributed by atoms with Crippen molar-refractivity contribution >= 4 is 10.9 Å². The molecule has 0 N–H and O–H groups in total. The third-order valence-corrected chi connectivity index (χ3v) is 2.57. The minimum Gasteiger partial charge on any atom is -0.340 e. The second-order valence-electron chi connectivity index (χ2n) is 3.81. The van der Waals surface area contributed by atoms with Gasteiger partial charge in [-0.1, -0.05) is 24.3 Å². The van der Waals surface area contributed by atoms with Crippen LogP contribution in [0.25, 0.3) is 22.3 Å². The molecule has 0 bridgehead atoms. The highest BCUT2D eigenvalue weighted by Crippen LogP contribution is 2.18. The van der Waals surface area contributed by atoms with E-state index in [1.54, 1.807) is 6.33 Å². The van der Waals surface area contributed by atoms with Crippen molar-refractivity contribution in [3.8, 4) is 11.4 Å². The fraction of sp³-hybridized carbons (Fsp3) is 0.0769. The van der Waals surface area contributed by atoms with E-state index in [-0.39, 0.29) is 0 Å². The predicted molar refractivity (Wildman–Crippen MR) is 63.9 cm³/mol. The number of aromatic nitrogens is 3. The molecule has 0 amide bonds. The molecule has 0 unspecified atom stereocenters. The summed E-state index contributed by atoms with van der Waals surface area (Å²) in [6, 6.07) is 12.2. The highest BCUT2D eigenvalue weighted by atomic mass is 15.0. The van der Waals surface area contributed by atoms with E-state index in [4.69, 9.17) is 0 Å². The molecule has 3 aromatic rings. The maximum atomic E-state index is 4.58. The van der Waals surface area contributed by atoms with Gasteiger partial charge in [0.15, 0.2) is 0 Å². The summed E-state index contributed by atoms with van der Waals surface area (Å²) < 4.78 is 1.92. The molecule has 0 saturated heterocycles. The quantitative estimate of drug-likeness (QED) is 0.616. The molecular formula is C13H11N3. The molecule has 2 heterocycles. The number of nitrogens with zero attached hydrogens (tertiary/aromatic N) is 3. The first-order valence-electron chi connectivity index (χ1n) is 5.17. The number of para-hydroxylation sites is 1. The van der Waals surface area contributed by atoms with E-state index in [0.29, 0.717) is 0 Å².